The first-order valence-electron chi connectivity index (χ1n) is 11.8. The van der Waals surface area contributed by atoms with Gasteiger partial charge in [0.15, 0.2) is 0 Å². The molecule has 2 heterocycles. The van der Waals surface area contributed by atoms with Gasteiger partial charge in [-0.3, -0.25) is 0 Å². The third-order valence-corrected chi connectivity index (χ3v) is 6.91. The molecule has 164 valence electrons. The molecule has 3 nitrogen and oxygen atoms in total. The molecule has 0 unspecified atom stereocenters. The first-order chi connectivity index (χ1) is 16.3. The number of methoxy groups -OCH3 is 1. The molecule has 3 heteroatoms. The van der Waals surface area contributed by atoms with Crippen LogP contribution in [0.25, 0.3) is 32.9 Å². The number of nitrogens with zero attached hydrogens (tertiary/aromatic N) is 1. The van der Waals surface area contributed by atoms with E-state index in [-0.39, 0.29) is 0 Å². The van der Waals surface area contributed by atoms with Crippen molar-refractivity contribution >= 4 is 27.5 Å². The van der Waals surface area contributed by atoms with Crippen molar-refractivity contribution in [3.8, 4) is 16.9 Å². The van der Waals surface area contributed by atoms with Crippen molar-refractivity contribution in [3.05, 3.63) is 96.1 Å². The summed E-state index contributed by atoms with van der Waals surface area (Å²) in [4.78, 5) is 6.34. The lowest BCUT2D eigenvalue weighted by Gasteiger charge is -2.23. The number of aromatic nitrogens is 1. The van der Waals surface area contributed by atoms with Crippen LogP contribution in [0.2, 0.25) is 0 Å². The molecule has 1 aliphatic heterocycles. The summed E-state index contributed by atoms with van der Waals surface area (Å²) < 4.78 is 5.45. The molecule has 0 bridgehead atoms. The lowest BCUT2D eigenvalue weighted by atomic mass is 9.90. The monoisotopic (exact) mass is 432 g/mol. The number of rotatable bonds is 5. The van der Waals surface area contributed by atoms with Gasteiger partial charge in [-0.15, -0.1) is 0 Å². The van der Waals surface area contributed by atoms with Crippen LogP contribution in [0, 0.1) is 0 Å². The van der Waals surface area contributed by atoms with Crippen molar-refractivity contribution in [1.29, 1.82) is 0 Å². The fourth-order valence-electron chi connectivity index (χ4n) is 5.31. The highest BCUT2D eigenvalue weighted by atomic mass is 16.5. The molecule has 0 spiro atoms. The Bertz CT molecular complexity index is 1410. The van der Waals surface area contributed by atoms with Crippen molar-refractivity contribution in [1.82, 2.24) is 4.98 Å². The van der Waals surface area contributed by atoms with Crippen LogP contribution in [0.4, 0.5) is 5.69 Å². The number of fused-ring (bicyclic) bond motifs is 3. The van der Waals surface area contributed by atoms with E-state index < -0.39 is 0 Å². The summed E-state index contributed by atoms with van der Waals surface area (Å²) in [5, 5.41) is 2.61. The molecule has 1 N–H and O–H groups in total. The van der Waals surface area contributed by atoms with Gasteiger partial charge in [0.2, 0.25) is 0 Å². The first-order valence-corrected chi connectivity index (χ1v) is 11.8. The van der Waals surface area contributed by atoms with E-state index in [0.29, 0.717) is 0 Å². The zero-order valence-electron chi connectivity index (χ0n) is 19.0. The van der Waals surface area contributed by atoms with E-state index in [1.54, 1.807) is 7.11 Å². The summed E-state index contributed by atoms with van der Waals surface area (Å²) in [6, 6.07) is 30.5. The van der Waals surface area contributed by atoms with Gasteiger partial charge in [0.05, 0.1) is 18.3 Å². The van der Waals surface area contributed by atoms with Crippen LogP contribution in [0.15, 0.2) is 84.9 Å². The minimum absolute atomic E-state index is 0.882. The molecule has 0 radical (unpaired) electrons. The lowest BCUT2D eigenvalue weighted by Crippen LogP contribution is -2.18. The fraction of sp³-hybridized carbons (Fsp3) is 0.200. The van der Waals surface area contributed by atoms with Gasteiger partial charge in [0.1, 0.15) is 5.75 Å². The number of nitrogens with one attached hydrogen (secondary N) is 1. The minimum Gasteiger partial charge on any atom is -0.497 e. The summed E-state index contributed by atoms with van der Waals surface area (Å²) in [6.45, 7) is 2.24. The average molecular weight is 433 g/mol. The summed E-state index contributed by atoms with van der Waals surface area (Å²) in [6.07, 6.45) is 3.42. The minimum atomic E-state index is 0.882. The Balaban J connectivity index is 1.68. The Hall–Kier alpha value is -3.72. The molecule has 1 aromatic heterocycles. The van der Waals surface area contributed by atoms with Crippen molar-refractivity contribution in [2.45, 2.75) is 19.3 Å². The molecular weight excluding hydrogens is 404 g/mol. The highest BCUT2D eigenvalue weighted by molar-refractivity contribution is 6.18. The van der Waals surface area contributed by atoms with Gasteiger partial charge in [-0.2, -0.15) is 0 Å². The maximum absolute atomic E-state index is 5.45. The molecule has 0 atom stereocenters. The van der Waals surface area contributed by atoms with Gasteiger partial charge in [0, 0.05) is 29.4 Å². The van der Waals surface area contributed by atoms with E-state index in [4.69, 9.17) is 4.74 Å². The fourth-order valence-corrected chi connectivity index (χ4v) is 5.31. The average Bonchev–Trinajstić information content (AvgIpc) is 3.53. The second-order valence-corrected chi connectivity index (χ2v) is 8.94. The molecule has 33 heavy (non-hydrogen) atoms. The summed E-state index contributed by atoms with van der Waals surface area (Å²) in [5.41, 5.74) is 9.02. The van der Waals surface area contributed by atoms with E-state index in [0.717, 1.165) is 25.3 Å². The summed E-state index contributed by atoms with van der Waals surface area (Å²) >= 11 is 0. The molecule has 0 saturated carbocycles. The number of para-hydroxylation sites is 1. The number of anilines is 1. The Morgan fingerprint density at radius 1 is 0.848 bits per heavy atom. The maximum Gasteiger partial charge on any atom is 0.118 e. The van der Waals surface area contributed by atoms with E-state index in [2.05, 4.69) is 94.8 Å². The van der Waals surface area contributed by atoms with Crippen LogP contribution >= 0.6 is 0 Å². The van der Waals surface area contributed by atoms with Crippen LogP contribution in [-0.2, 0) is 6.42 Å². The van der Waals surface area contributed by atoms with Crippen molar-refractivity contribution in [2.24, 2.45) is 0 Å². The Labute approximate surface area is 194 Å². The molecule has 4 aromatic carbocycles. The smallest absolute Gasteiger partial charge is 0.118 e. The molecule has 6 rings (SSSR count). The quantitative estimate of drug-likeness (QED) is 0.318. The largest absolute Gasteiger partial charge is 0.497 e. The second kappa shape index (κ2) is 8.32. The third-order valence-electron chi connectivity index (χ3n) is 6.91. The summed E-state index contributed by atoms with van der Waals surface area (Å²) in [5.74, 6) is 0.882. The predicted molar refractivity (Wildman–Crippen MR) is 138 cm³/mol. The van der Waals surface area contributed by atoms with Crippen LogP contribution in [0.5, 0.6) is 5.75 Å². The Kier molecular flexibility index (Phi) is 5.03. The number of hydrogen-bond acceptors (Lipinski definition) is 2. The summed E-state index contributed by atoms with van der Waals surface area (Å²) in [7, 11) is 1.72. The van der Waals surface area contributed by atoms with Gasteiger partial charge >= 0.3 is 0 Å². The second-order valence-electron chi connectivity index (χ2n) is 8.94. The Morgan fingerprint density at radius 2 is 1.58 bits per heavy atom. The van der Waals surface area contributed by atoms with E-state index in [9.17, 15) is 0 Å². The van der Waals surface area contributed by atoms with Gasteiger partial charge in [0.25, 0.3) is 0 Å². The van der Waals surface area contributed by atoms with Crippen molar-refractivity contribution in [2.75, 3.05) is 25.1 Å². The normalized spacial score (nSPS) is 13.8. The van der Waals surface area contributed by atoms with E-state index in [1.807, 2.05) is 0 Å². The maximum atomic E-state index is 5.45. The zero-order valence-corrected chi connectivity index (χ0v) is 19.0. The first kappa shape index (κ1) is 19.9. The van der Waals surface area contributed by atoms with E-state index >= 15 is 0 Å². The predicted octanol–water partition coefficient (Wildman–Crippen LogP) is 7.19. The van der Waals surface area contributed by atoms with Crippen LogP contribution in [-0.4, -0.2) is 25.2 Å². The zero-order chi connectivity index (χ0) is 22.2. The standard InChI is InChI=1S/C30H28N2O/c1-33-24-15-13-22(14-16-24)28-23(19-21-9-3-2-4-10-21)20-27(32-17-7-8-18-32)30-29(28)25-11-5-6-12-26(25)31-30/h2-6,9-16,20,31H,7-8,17-19H2,1H3. The number of benzene rings is 4. The SMILES string of the molecule is COc1ccc(-c2c(Cc3ccccc3)cc(N3CCCC3)c3[nH]c4ccccc4c23)cc1. The highest BCUT2D eigenvalue weighted by Crippen LogP contribution is 2.43. The van der Waals surface area contributed by atoms with Gasteiger partial charge < -0.3 is 14.6 Å². The Morgan fingerprint density at radius 3 is 2.33 bits per heavy atom. The highest BCUT2D eigenvalue weighted by Gasteiger charge is 2.23. The molecular formula is C30H28N2O. The van der Waals surface area contributed by atoms with Gasteiger partial charge in [-0.25, -0.2) is 0 Å². The molecule has 1 fully saturated rings. The van der Waals surface area contributed by atoms with Crippen LogP contribution < -0.4 is 9.64 Å². The molecule has 0 aliphatic carbocycles. The topological polar surface area (TPSA) is 28.3 Å². The molecule has 5 aromatic rings. The molecule has 1 saturated heterocycles. The van der Waals surface area contributed by atoms with Crippen molar-refractivity contribution in [3.63, 3.8) is 0 Å². The van der Waals surface area contributed by atoms with Crippen LogP contribution in [0.1, 0.15) is 24.0 Å². The van der Waals surface area contributed by atoms with E-state index in [1.165, 1.54) is 62.6 Å². The van der Waals surface area contributed by atoms with Crippen LogP contribution in [0.3, 0.4) is 0 Å². The molecule has 0 amide bonds. The molecule has 1 aliphatic rings. The number of H-pyrrole nitrogens is 1. The number of aromatic amines is 1. The van der Waals surface area contributed by atoms with Gasteiger partial charge in [-0.1, -0.05) is 60.7 Å². The third kappa shape index (κ3) is 3.54. The van der Waals surface area contributed by atoms with Gasteiger partial charge in [-0.05, 0) is 65.8 Å². The number of ether oxygens (including phenoxy) is 1. The number of hydrogen-bond donors (Lipinski definition) is 1. The van der Waals surface area contributed by atoms with Crippen molar-refractivity contribution < 1.29 is 4.74 Å². The lowest BCUT2D eigenvalue weighted by molar-refractivity contribution is 0.415.